The summed E-state index contributed by atoms with van der Waals surface area (Å²) in [7, 11) is 0. The van der Waals surface area contributed by atoms with Crippen molar-refractivity contribution < 1.29 is 4.39 Å². The fraction of sp³-hybridized carbons (Fsp3) is 0.571. The summed E-state index contributed by atoms with van der Waals surface area (Å²) in [6.07, 6.45) is 1.02. The van der Waals surface area contributed by atoms with Crippen molar-refractivity contribution in [3.63, 3.8) is 0 Å². The third-order valence-electron chi connectivity index (χ3n) is 3.09. The molecule has 4 heteroatoms. The molecule has 18 heavy (non-hydrogen) atoms. The first kappa shape index (κ1) is 15.4. The minimum atomic E-state index is -0.278. The summed E-state index contributed by atoms with van der Waals surface area (Å²) in [6, 6.07) is 5.04. The molecule has 0 amide bonds. The fourth-order valence-corrected chi connectivity index (χ4v) is 2.40. The molecule has 0 heterocycles. The Balaban J connectivity index is 3.06. The number of hydrogen-bond donors (Lipinski definition) is 1. The van der Waals surface area contributed by atoms with Crippen molar-refractivity contribution in [2.24, 2.45) is 5.73 Å². The molecule has 2 nitrogen and oxygen atoms in total. The minimum Gasteiger partial charge on any atom is -0.329 e. The van der Waals surface area contributed by atoms with Gasteiger partial charge in [0.1, 0.15) is 5.82 Å². The molecule has 0 radical (unpaired) electrons. The predicted octanol–water partition coefficient (Wildman–Crippen LogP) is 3.60. The van der Waals surface area contributed by atoms with Gasteiger partial charge in [-0.25, -0.2) is 4.39 Å². The molecule has 2 N–H and O–H groups in total. The topological polar surface area (TPSA) is 29.3 Å². The summed E-state index contributed by atoms with van der Waals surface area (Å²) in [5.41, 5.74) is 6.47. The van der Waals surface area contributed by atoms with Gasteiger partial charge in [0.15, 0.2) is 0 Å². The summed E-state index contributed by atoms with van der Waals surface area (Å²) in [6.45, 7) is 7.62. The molecule has 0 saturated heterocycles. The largest absolute Gasteiger partial charge is 0.329 e. The Hall–Kier alpha value is -0.640. The number of rotatable bonds is 6. The maximum Gasteiger partial charge on any atom is 0.129 e. The second-order valence-corrected chi connectivity index (χ2v) is 5.19. The van der Waals surface area contributed by atoms with E-state index in [-0.39, 0.29) is 11.9 Å². The van der Waals surface area contributed by atoms with Crippen LogP contribution in [0.1, 0.15) is 38.8 Å². The average molecular weight is 273 g/mol. The molecule has 1 atom stereocenters. The summed E-state index contributed by atoms with van der Waals surface area (Å²) < 4.78 is 14.0. The highest BCUT2D eigenvalue weighted by molar-refractivity contribution is 6.30. The Kier molecular flexibility index (Phi) is 6.06. The number of halogens is 2. The number of nitrogens with zero attached hydrogens (tertiary/aromatic N) is 1. The van der Waals surface area contributed by atoms with Gasteiger partial charge in [-0.05, 0) is 38.9 Å². The van der Waals surface area contributed by atoms with Crippen molar-refractivity contribution in [3.8, 4) is 0 Å². The minimum absolute atomic E-state index is 0.0952. The summed E-state index contributed by atoms with van der Waals surface area (Å²) in [5, 5.41) is 0.415. The van der Waals surface area contributed by atoms with Crippen LogP contribution in [0.4, 0.5) is 4.39 Å². The molecule has 0 aromatic heterocycles. The lowest BCUT2D eigenvalue weighted by Gasteiger charge is -2.34. The van der Waals surface area contributed by atoms with Gasteiger partial charge in [0.25, 0.3) is 0 Å². The van der Waals surface area contributed by atoms with Gasteiger partial charge in [0.05, 0.1) is 6.04 Å². The van der Waals surface area contributed by atoms with Gasteiger partial charge >= 0.3 is 0 Å². The van der Waals surface area contributed by atoms with Gasteiger partial charge < -0.3 is 5.73 Å². The molecule has 0 aliphatic carbocycles. The van der Waals surface area contributed by atoms with E-state index in [2.05, 4.69) is 25.7 Å². The molecular formula is C14H22ClFN2. The van der Waals surface area contributed by atoms with Crippen molar-refractivity contribution >= 4 is 11.6 Å². The second-order valence-electron chi connectivity index (χ2n) is 4.75. The fourth-order valence-electron chi connectivity index (χ4n) is 2.24. The second kappa shape index (κ2) is 7.07. The van der Waals surface area contributed by atoms with Gasteiger partial charge in [-0.15, -0.1) is 0 Å². The highest BCUT2D eigenvalue weighted by Gasteiger charge is 2.23. The number of hydrogen-bond acceptors (Lipinski definition) is 2. The Morgan fingerprint density at radius 3 is 2.50 bits per heavy atom. The van der Waals surface area contributed by atoms with Crippen LogP contribution in [-0.2, 0) is 0 Å². The van der Waals surface area contributed by atoms with Crippen LogP contribution in [0, 0.1) is 5.82 Å². The maximum absolute atomic E-state index is 14.0. The molecule has 0 fully saturated rings. The zero-order valence-corrected chi connectivity index (χ0v) is 12.0. The molecule has 0 spiro atoms. The predicted molar refractivity (Wildman–Crippen MR) is 75.3 cm³/mol. The number of benzene rings is 1. The molecule has 1 aromatic carbocycles. The highest BCUT2D eigenvalue weighted by atomic mass is 35.5. The summed E-state index contributed by atoms with van der Waals surface area (Å²) >= 11 is 5.78. The molecule has 0 saturated carbocycles. The third kappa shape index (κ3) is 3.67. The van der Waals surface area contributed by atoms with Crippen LogP contribution in [0.3, 0.4) is 0 Å². The van der Waals surface area contributed by atoms with Crippen LogP contribution in [0.25, 0.3) is 0 Å². The smallest absolute Gasteiger partial charge is 0.129 e. The molecule has 0 aliphatic rings. The van der Waals surface area contributed by atoms with Crippen LogP contribution in [0.5, 0.6) is 0 Å². The van der Waals surface area contributed by atoms with Gasteiger partial charge in [0, 0.05) is 23.2 Å². The van der Waals surface area contributed by atoms with E-state index in [0.29, 0.717) is 23.2 Å². The molecule has 1 rings (SSSR count). The molecule has 1 unspecified atom stereocenters. The first-order valence-electron chi connectivity index (χ1n) is 6.42. The van der Waals surface area contributed by atoms with Crippen LogP contribution in [0.2, 0.25) is 5.02 Å². The van der Waals surface area contributed by atoms with E-state index in [1.54, 1.807) is 12.1 Å². The van der Waals surface area contributed by atoms with Crippen molar-refractivity contribution in [2.45, 2.75) is 39.3 Å². The Bertz CT molecular complexity index is 382. The van der Waals surface area contributed by atoms with Gasteiger partial charge in [-0.2, -0.15) is 0 Å². The highest BCUT2D eigenvalue weighted by Crippen LogP contribution is 2.26. The van der Waals surface area contributed by atoms with Gasteiger partial charge in [-0.3, -0.25) is 4.90 Å². The first-order chi connectivity index (χ1) is 8.51. The lowest BCUT2D eigenvalue weighted by molar-refractivity contribution is 0.154. The van der Waals surface area contributed by atoms with E-state index in [0.717, 1.165) is 13.0 Å². The van der Waals surface area contributed by atoms with Crippen LogP contribution >= 0.6 is 11.6 Å². The molecule has 0 bridgehead atoms. The van der Waals surface area contributed by atoms with Crippen molar-refractivity contribution in [1.29, 1.82) is 0 Å². The van der Waals surface area contributed by atoms with Gasteiger partial charge in [0.2, 0.25) is 0 Å². The van der Waals surface area contributed by atoms with Crippen LogP contribution in [0.15, 0.2) is 18.2 Å². The number of nitrogens with two attached hydrogens (primary N) is 1. The lowest BCUT2D eigenvalue weighted by Crippen LogP contribution is -2.39. The Morgan fingerprint density at radius 2 is 2.06 bits per heavy atom. The van der Waals surface area contributed by atoms with Crippen molar-refractivity contribution in [3.05, 3.63) is 34.6 Å². The first-order valence-corrected chi connectivity index (χ1v) is 6.79. The monoisotopic (exact) mass is 272 g/mol. The SMILES string of the molecule is CCCN(C(C)C)C(CN)c1ccc(Cl)cc1F. The Labute approximate surface area is 114 Å². The summed E-state index contributed by atoms with van der Waals surface area (Å²) in [4.78, 5) is 2.23. The molecular weight excluding hydrogens is 251 g/mol. The maximum atomic E-state index is 14.0. The van der Waals surface area contributed by atoms with E-state index in [4.69, 9.17) is 17.3 Å². The van der Waals surface area contributed by atoms with E-state index in [1.165, 1.54) is 6.07 Å². The van der Waals surface area contributed by atoms with E-state index in [1.807, 2.05) is 0 Å². The molecule has 0 aliphatic heterocycles. The quantitative estimate of drug-likeness (QED) is 0.857. The zero-order valence-electron chi connectivity index (χ0n) is 11.3. The van der Waals surface area contributed by atoms with Crippen molar-refractivity contribution in [2.75, 3.05) is 13.1 Å². The van der Waals surface area contributed by atoms with Crippen LogP contribution in [-0.4, -0.2) is 24.0 Å². The van der Waals surface area contributed by atoms with E-state index < -0.39 is 0 Å². The van der Waals surface area contributed by atoms with Crippen LogP contribution < -0.4 is 5.73 Å². The normalized spacial score (nSPS) is 13.3. The average Bonchev–Trinajstić information content (AvgIpc) is 2.31. The zero-order chi connectivity index (χ0) is 13.7. The third-order valence-corrected chi connectivity index (χ3v) is 3.33. The molecule has 1 aromatic rings. The van der Waals surface area contributed by atoms with E-state index >= 15 is 0 Å². The lowest BCUT2D eigenvalue weighted by atomic mass is 10.0. The summed E-state index contributed by atoms with van der Waals surface area (Å²) in [5.74, 6) is -0.278. The van der Waals surface area contributed by atoms with Gasteiger partial charge in [-0.1, -0.05) is 24.6 Å². The molecule has 102 valence electrons. The standard InChI is InChI=1S/C14H22ClFN2/c1-4-7-18(10(2)3)14(9-17)12-6-5-11(15)8-13(12)16/h5-6,8,10,14H,4,7,9,17H2,1-3H3. The Morgan fingerprint density at radius 1 is 1.39 bits per heavy atom. The van der Waals surface area contributed by atoms with Crippen molar-refractivity contribution in [1.82, 2.24) is 4.90 Å². The van der Waals surface area contributed by atoms with E-state index in [9.17, 15) is 4.39 Å².